The van der Waals surface area contributed by atoms with Crippen molar-refractivity contribution in [2.75, 3.05) is 0 Å². The molecule has 3 N–H and O–H groups in total. The van der Waals surface area contributed by atoms with Gasteiger partial charge in [-0.05, 0) is 36.6 Å². The van der Waals surface area contributed by atoms with Crippen LogP contribution in [0.3, 0.4) is 0 Å². The van der Waals surface area contributed by atoms with E-state index in [4.69, 9.17) is 10.2 Å². The molecule has 0 aliphatic heterocycles. The molecule has 5 nitrogen and oxygen atoms in total. The minimum absolute atomic E-state index is 0. The minimum Gasteiger partial charge on any atom is -0.391 e. The molecule has 0 aliphatic carbocycles. The number of nitrogens with zero attached hydrogens (tertiary/aromatic N) is 1. The van der Waals surface area contributed by atoms with E-state index in [2.05, 4.69) is 10.2 Å². The molecule has 0 bridgehead atoms. The normalized spacial score (nSPS) is 13.7. The maximum Gasteiger partial charge on any atom is 0.434 e. The van der Waals surface area contributed by atoms with Crippen LogP contribution in [0.25, 0.3) is 0 Å². The molecule has 2 atom stereocenters. The second kappa shape index (κ2) is 6.19. The van der Waals surface area contributed by atoms with Crippen LogP contribution in [0.1, 0.15) is 41.5 Å². The summed E-state index contributed by atoms with van der Waals surface area (Å²) in [6.07, 6.45) is 0. The van der Waals surface area contributed by atoms with E-state index < -0.39 is 11.8 Å². The fraction of sp³-hybridized carbons (Fsp3) is 0.385. The van der Waals surface area contributed by atoms with Crippen LogP contribution in [-0.2, 0) is 0 Å². The molecule has 1 aromatic heterocycles. The predicted molar refractivity (Wildman–Crippen MR) is 75.6 cm³/mol. The van der Waals surface area contributed by atoms with Crippen molar-refractivity contribution in [1.82, 2.24) is 10.2 Å². The number of nitrogens with two attached hydrogens (primary N) is 1. The molecule has 0 amide bonds. The zero-order chi connectivity index (χ0) is 14.2. The number of nitrogens with one attached hydrogen (secondary N) is 1. The fourth-order valence-electron chi connectivity index (χ4n) is 2.14. The summed E-state index contributed by atoms with van der Waals surface area (Å²) < 4.78 is 18.8. The molecule has 110 valence electrons. The maximum atomic E-state index is 14.0. The average Bonchev–Trinajstić information content (AvgIpc) is 2.80. The van der Waals surface area contributed by atoms with Gasteiger partial charge in [0.2, 0.25) is 5.89 Å². The van der Waals surface area contributed by atoms with Crippen molar-refractivity contribution in [2.45, 2.75) is 32.7 Å². The van der Waals surface area contributed by atoms with Crippen LogP contribution in [0.2, 0.25) is 0 Å². The van der Waals surface area contributed by atoms with E-state index in [1.165, 1.54) is 6.07 Å². The van der Waals surface area contributed by atoms with Crippen LogP contribution >= 0.6 is 12.4 Å². The van der Waals surface area contributed by atoms with Gasteiger partial charge in [0.25, 0.3) is 0 Å². The number of hydrogen-bond acceptors (Lipinski definition) is 4. The fourth-order valence-corrected chi connectivity index (χ4v) is 2.14. The van der Waals surface area contributed by atoms with Crippen LogP contribution in [0.5, 0.6) is 0 Å². The molecule has 0 saturated carbocycles. The van der Waals surface area contributed by atoms with Gasteiger partial charge in [-0.1, -0.05) is 13.0 Å². The first-order chi connectivity index (χ1) is 8.91. The number of aromatic nitrogens is 2. The van der Waals surface area contributed by atoms with Gasteiger partial charge in [-0.25, -0.2) is 14.3 Å². The summed E-state index contributed by atoms with van der Waals surface area (Å²) in [6, 6.07) is 2.46. The second-order valence-corrected chi connectivity index (χ2v) is 4.67. The summed E-state index contributed by atoms with van der Waals surface area (Å²) in [7, 11) is 0. The number of hydrogen-bond donors (Lipinski definition) is 2. The van der Waals surface area contributed by atoms with Gasteiger partial charge in [0, 0.05) is 5.92 Å². The lowest BCUT2D eigenvalue weighted by molar-refractivity contribution is 0.396. The van der Waals surface area contributed by atoms with Crippen molar-refractivity contribution in [3.05, 3.63) is 51.1 Å². The van der Waals surface area contributed by atoms with Gasteiger partial charge < -0.3 is 10.2 Å². The smallest absolute Gasteiger partial charge is 0.391 e. The molecule has 0 aliphatic rings. The van der Waals surface area contributed by atoms with Crippen molar-refractivity contribution in [1.29, 1.82) is 0 Å². The highest BCUT2D eigenvalue weighted by Crippen LogP contribution is 2.32. The Kier molecular flexibility index (Phi) is 5.08. The number of H-pyrrole nitrogens is 1. The van der Waals surface area contributed by atoms with Crippen LogP contribution in [0.4, 0.5) is 4.39 Å². The lowest BCUT2D eigenvalue weighted by atomic mass is 9.88. The zero-order valence-corrected chi connectivity index (χ0v) is 12.3. The SMILES string of the molecule is Cc1ccc(F)c([C@@H](C)[C@@H](N)c2n[nH]c(=O)o2)c1C.Cl. The van der Waals surface area contributed by atoms with E-state index in [1.807, 2.05) is 13.8 Å². The molecular weight excluding hydrogens is 285 g/mol. The van der Waals surface area contributed by atoms with Gasteiger partial charge >= 0.3 is 5.76 Å². The van der Waals surface area contributed by atoms with E-state index in [1.54, 1.807) is 13.0 Å². The van der Waals surface area contributed by atoms with Crippen molar-refractivity contribution in [3.63, 3.8) is 0 Å². The van der Waals surface area contributed by atoms with Crippen LogP contribution < -0.4 is 11.5 Å². The Balaban J connectivity index is 0.00000200. The Morgan fingerprint density at radius 1 is 1.40 bits per heavy atom. The number of halogens is 2. The quantitative estimate of drug-likeness (QED) is 0.911. The third-order valence-electron chi connectivity index (χ3n) is 3.47. The monoisotopic (exact) mass is 301 g/mol. The largest absolute Gasteiger partial charge is 0.434 e. The molecule has 0 fully saturated rings. The van der Waals surface area contributed by atoms with Crippen LogP contribution in [0, 0.1) is 19.7 Å². The molecule has 0 unspecified atom stereocenters. The van der Waals surface area contributed by atoms with Crippen molar-refractivity contribution >= 4 is 12.4 Å². The first kappa shape index (κ1) is 16.4. The van der Waals surface area contributed by atoms with E-state index in [9.17, 15) is 9.18 Å². The summed E-state index contributed by atoms with van der Waals surface area (Å²) in [5.41, 5.74) is 8.35. The number of rotatable bonds is 3. The second-order valence-electron chi connectivity index (χ2n) is 4.67. The van der Waals surface area contributed by atoms with E-state index >= 15 is 0 Å². The predicted octanol–water partition coefficient (Wildman–Crippen LogP) is 2.34. The highest BCUT2D eigenvalue weighted by atomic mass is 35.5. The molecule has 20 heavy (non-hydrogen) atoms. The standard InChI is InChI=1S/C13H16FN3O2.ClH/c1-6-4-5-9(14)10(7(6)2)8(3)11(15)12-16-17-13(18)19-12;/h4-5,8,11H,15H2,1-3H3,(H,17,18);1H/t8-,11-;/m1./s1. The Hall–Kier alpha value is -1.66. The molecule has 2 aromatic rings. The molecule has 7 heteroatoms. The van der Waals surface area contributed by atoms with Crippen molar-refractivity contribution in [2.24, 2.45) is 5.73 Å². The van der Waals surface area contributed by atoms with Gasteiger partial charge in [-0.2, -0.15) is 0 Å². The summed E-state index contributed by atoms with van der Waals surface area (Å²) in [6.45, 7) is 5.53. The van der Waals surface area contributed by atoms with Crippen LogP contribution in [0.15, 0.2) is 21.3 Å². The van der Waals surface area contributed by atoms with E-state index in [0.717, 1.165) is 11.1 Å². The summed E-state index contributed by atoms with van der Waals surface area (Å²) in [5, 5.41) is 5.84. The van der Waals surface area contributed by atoms with E-state index in [0.29, 0.717) is 5.56 Å². The molecule has 2 rings (SSSR count). The van der Waals surface area contributed by atoms with Gasteiger partial charge in [-0.15, -0.1) is 17.5 Å². The number of aromatic amines is 1. The molecular formula is C13H17ClFN3O2. The van der Waals surface area contributed by atoms with Gasteiger partial charge in [0.15, 0.2) is 0 Å². The highest BCUT2D eigenvalue weighted by Gasteiger charge is 2.25. The maximum absolute atomic E-state index is 14.0. The Bertz CT molecular complexity index is 653. The van der Waals surface area contributed by atoms with E-state index in [-0.39, 0.29) is 30.0 Å². The van der Waals surface area contributed by atoms with Gasteiger partial charge in [0.1, 0.15) is 5.82 Å². The Morgan fingerprint density at radius 2 is 2.05 bits per heavy atom. The van der Waals surface area contributed by atoms with Gasteiger partial charge in [0.05, 0.1) is 6.04 Å². The lowest BCUT2D eigenvalue weighted by Gasteiger charge is -2.20. The molecule has 0 radical (unpaired) electrons. The van der Waals surface area contributed by atoms with Crippen LogP contribution in [-0.4, -0.2) is 10.2 Å². The van der Waals surface area contributed by atoms with Crippen molar-refractivity contribution < 1.29 is 8.81 Å². The summed E-state index contributed by atoms with van der Waals surface area (Å²) in [4.78, 5) is 10.9. The first-order valence-electron chi connectivity index (χ1n) is 5.98. The molecule has 1 heterocycles. The highest BCUT2D eigenvalue weighted by molar-refractivity contribution is 5.85. The Morgan fingerprint density at radius 3 is 2.60 bits per heavy atom. The topological polar surface area (TPSA) is 84.9 Å². The lowest BCUT2D eigenvalue weighted by Crippen LogP contribution is -2.20. The summed E-state index contributed by atoms with van der Waals surface area (Å²) in [5.74, 6) is -1.26. The molecule has 0 spiro atoms. The zero-order valence-electron chi connectivity index (χ0n) is 11.4. The molecule has 1 aromatic carbocycles. The number of aryl methyl sites for hydroxylation is 1. The van der Waals surface area contributed by atoms with Crippen molar-refractivity contribution in [3.8, 4) is 0 Å². The van der Waals surface area contributed by atoms with Gasteiger partial charge in [-0.3, -0.25) is 0 Å². The Labute approximate surface area is 121 Å². The number of benzene rings is 1. The molecule has 0 saturated heterocycles. The summed E-state index contributed by atoms with van der Waals surface area (Å²) >= 11 is 0. The average molecular weight is 302 g/mol. The third kappa shape index (κ3) is 2.91. The first-order valence-corrected chi connectivity index (χ1v) is 5.98. The minimum atomic E-state index is -0.686. The third-order valence-corrected chi connectivity index (χ3v) is 3.47.